The van der Waals surface area contributed by atoms with Crippen LogP contribution in [0, 0.1) is 0 Å². The third-order valence-electron chi connectivity index (χ3n) is 6.04. The fourth-order valence-electron chi connectivity index (χ4n) is 4.28. The molecule has 4 aromatic rings. The van der Waals surface area contributed by atoms with E-state index >= 15 is 0 Å². The molecule has 1 aromatic heterocycles. The molecule has 1 unspecified atom stereocenters. The first-order valence-electron chi connectivity index (χ1n) is 11.6. The molecule has 7 heteroatoms. The van der Waals surface area contributed by atoms with Crippen LogP contribution in [0.2, 0.25) is 5.02 Å². The summed E-state index contributed by atoms with van der Waals surface area (Å²) in [5.41, 5.74) is 1.85. The maximum absolute atomic E-state index is 13.7. The van der Waals surface area contributed by atoms with E-state index in [1.165, 1.54) is 0 Å². The molecule has 0 aliphatic carbocycles. The van der Waals surface area contributed by atoms with Crippen LogP contribution in [0.1, 0.15) is 41.1 Å². The van der Waals surface area contributed by atoms with Gasteiger partial charge in [0, 0.05) is 13.7 Å². The van der Waals surface area contributed by atoms with Crippen LogP contribution >= 0.6 is 11.6 Å². The molecule has 1 heterocycles. The Kier molecular flexibility index (Phi) is 7.95. The summed E-state index contributed by atoms with van der Waals surface area (Å²) in [5, 5.41) is 0.922. The van der Waals surface area contributed by atoms with Crippen LogP contribution in [0.15, 0.2) is 83.7 Å². The monoisotopic (exact) mass is 489 g/mol. The predicted octanol–water partition coefficient (Wildman–Crippen LogP) is 5.34. The minimum atomic E-state index is -0.463. The molecule has 0 saturated carbocycles. The van der Waals surface area contributed by atoms with Gasteiger partial charge in [0.25, 0.3) is 11.5 Å². The number of aromatic nitrogens is 2. The number of nitrogens with zero attached hydrogens (tertiary/aromatic N) is 3. The molecule has 0 aliphatic heterocycles. The van der Waals surface area contributed by atoms with E-state index in [-0.39, 0.29) is 11.5 Å². The molecule has 3 aromatic carbocycles. The van der Waals surface area contributed by atoms with Gasteiger partial charge in [-0.1, -0.05) is 73.1 Å². The number of fused-ring (bicyclic) bond motifs is 1. The van der Waals surface area contributed by atoms with Gasteiger partial charge < -0.3 is 9.64 Å². The predicted molar refractivity (Wildman–Crippen MR) is 139 cm³/mol. The summed E-state index contributed by atoms with van der Waals surface area (Å²) in [6.07, 6.45) is 0.555. The molecule has 0 bridgehead atoms. The Labute approximate surface area is 209 Å². The van der Waals surface area contributed by atoms with Gasteiger partial charge >= 0.3 is 0 Å². The number of hydrogen-bond donors (Lipinski definition) is 0. The number of benzene rings is 3. The average molecular weight is 490 g/mol. The van der Waals surface area contributed by atoms with Crippen molar-refractivity contribution in [3.8, 4) is 0 Å². The number of para-hydroxylation sites is 1. The van der Waals surface area contributed by atoms with Crippen LogP contribution in [0.25, 0.3) is 10.9 Å². The van der Waals surface area contributed by atoms with E-state index in [4.69, 9.17) is 21.3 Å². The van der Waals surface area contributed by atoms with E-state index in [1.807, 2.05) is 55.5 Å². The average Bonchev–Trinajstić information content (AvgIpc) is 2.89. The highest BCUT2D eigenvalue weighted by Gasteiger charge is 2.30. The molecule has 1 atom stereocenters. The van der Waals surface area contributed by atoms with Gasteiger partial charge in [-0.2, -0.15) is 0 Å². The highest BCUT2D eigenvalue weighted by molar-refractivity contribution is 6.33. The number of methoxy groups -OCH3 is 1. The van der Waals surface area contributed by atoms with E-state index in [9.17, 15) is 9.59 Å². The van der Waals surface area contributed by atoms with E-state index in [0.29, 0.717) is 53.4 Å². The minimum absolute atomic E-state index is 0.134. The lowest BCUT2D eigenvalue weighted by Crippen LogP contribution is -2.40. The molecular weight excluding hydrogens is 462 g/mol. The highest BCUT2D eigenvalue weighted by atomic mass is 35.5. The Morgan fingerprint density at radius 1 is 1.03 bits per heavy atom. The summed E-state index contributed by atoms with van der Waals surface area (Å²) in [6, 6.07) is 23.6. The van der Waals surface area contributed by atoms with Crippen LogP contribution in [-0.4, -0.2) is 40.6 Å². The van der Waals surface area contributed by atoms with Crippen molar-refractivity contribution in [2.24, 2.45) is 0 Å². The molecule has 0 radical (unpaired) electrons. The third kappa shape index (κ3) is 5.29. The zero-order valence-electron chi connectivity index (χ0n) is 19.9. The number of halogens is 1. The van der Waals surface area contributed by atoms with Crippen molar-refractivity contribution in [3.63, 3.8) is 0 Å². The molecule has 4 rings (SSSR count). The van der Waals surface area contributed by atoms with Crippen LogP contribution < -0.4 is 5.56 Å². The number of hydrogen-bond acceptors (Lipinski definition) is 4. The maximum Gasteiger partial charge on any atom is 0.261 e. The molecular formula is C28H28ClN3O3. The van der Waals surface area contributed by atoms with Crippen molar-refractivity contribution in [2.75, 3.05) is 20.3 Å². The van der Waals surface area contributed by atoms with Crippen LogP contribution in [0.3, 0.4) is 0 Å². The SMILES string of the molecule is CCC(c1nc2ccccc2c(=O)n1Cc1ccccc1)N(CCOC)C(=O)c1ccccc1Cl. The number of carbonyl (C=O) groups excluding carboxylic acids is 1. The van der Waals surface area contributed by atoms with Crippen LogP contribution in [0.5, 0.6) is 0 Å². The molecule has 0 aliphatic rings. The second-order valence-electron chi connectivity index (χ2n) is 8.26. The van der Waals surface area contributed by atoms with Gasteiger partial charge in [-0.05, 0) is 36.2 Å². The summed E-state index contributed by atoms with van der Waals surface area (Å²) in [6.45, 7) is 3.00. The molecule has 35 heavy (non-hydrogen) atoms. The van der Waals surface area contributed by atoms with Crippen molar-refractivity contribution in [1.82, 2.24) is 14.5 Å². The highest BCUT2D eigenvalue weighted by Crippen LogP contribution is 2.28. The zero-order chi connectivity index (χ0) is 24.8. The largest absolute Gasteiger partial charge is 0.383 e. The second kappa shape index (κ2) is 11.3. The number of rotatable bonds is 9. The topological polar surface area (TPSA) is 64.4 Å². The van der Waals surface area contributed by atoms with Gasteiger partial charge in [0.15, 0.2) is 0 Å². The summed E-state index contributed by atoms with van der Waals surface area (Å²) >= 11 is 6.38. The first-order chi connectivity index (χ1) is 17.0. The Morgan fingerprint density at radius 2 is 1.71 bits per heavy atom. The standard InChI is InChI=1S/C28H28ClN3O3/c1-3-25(31(17-18-35-2)27(33)21-13-7-9-15-23(21)29)26-30-24-16-10-8-14-22(24)28(34)32(26)19-20-11-5-4-6-12-20/h4-16,25H,3,17-19H2,1-2H3. The van der Waals surface area contributed by atoms with Gasteiger partial charge in [0.2, 0.25) is 0 Å². The van der Waals surface area contributed by atoms with Gasteiger partial charge in [-0.15, -0.1) is 0 Å². The summed E-state index contributed by atoms with van der Waals surface area (Å²) < 4.78 is 7.01. The molecule has 0 saturated heterocycles. The third-order valence-corrected chi connectivity index (χ3v) is 6.37. The van der Waals surface area contributed by atoms with E-state index in [2.05, 4.69) is 0 Å². The van der Waals surface area contributed by atoms with Crippen LogP contribution in [0.4, 0.5) is 0 Å². The van der Waals surface area contributed by atoms with Crippen LogP contribution in [-0.2, 0) is 11.3 Å². The molecule has 1 amide bonds. The fraction of sp³-hybridized carbons (Fsp3) is 0.250. The maximum atomic E-state index is 13.7. The lowest BCUT2D eigenvalue weighted by atomic mass is 10.1. The molecule has 180 valence electrons. The van der Waals surface area contributed by atoms with E-state index in [0.717, 1.165) is 5.56 Å². The smallest absolute Gasteiger partial charge is 0.261 e. The van der Waals surface area contributed by atoms with Gasteiger partial charge in [0.1, 0.15) is 5.82 Å². The summed E-state index contributed by atoms with van der Waals surface area (Å²) in [5.74, 6) is 0.310. The lowest BCUT2D eigenvalue weighted by Gasteiger charge is -2.32. The second-order valence-corrected chi connectivity index (χ2v) is 8.67. The normalized spacial score (nSPS) is 12.0. The van der Waals surface area contributed by atoms with Crippen molar-refractivity contribution in [2.45, 2.75) is 25.9 Å². The van der Waals surface area contributed by atoms with E-state index < -0.39 is 6.04 Å². The first-order valence-corrected chi connectivity index (χ1v) is 12.0. The van der Waals surface area contributed by atoms with Gasteiger partial charge in [-0.25, -0.2) is 4.98 Å². The summed E-state index contributed by atoms with van der Waals surface area (Å²) in [7, 11) is 1.60. The lowest BCUT2D eigenvalue weighted by molar-refractivity contribution is 0.0577. The Morgan fingerprint density at radius 3 is 2.43 bits per heavy atom. The minimum Gasteiger partial charge on any atom is -0.383 e. The van der Waals surface area contributed by atoms with Crippen molar-refractivity contribution in [3.05, 3.63) is 111 Å². The van der Waals surface area contributed by atoms with E-state index in [1.54, 1.807) is 46.9 Å². The Balaban J connectivity index is 1.88. The number of amides is 1. The zero-order valence-corrected chi connectivity index (χ0v) is 20.6. The quantitative estimate of drug-likeness (QED) is 0.318. The van der Waals surface area contributed by atoms with Crippen molar-refractivity contribution < 1.29 is 9.53 Å². The summed E-state index contributed by atoms with van der Waals surface area (Å²) in [4.78, 5) is 34.0. The van der Waals surface area contributed by atoms with Gasteiger partial charge in [-0.3, -0.25) is 14.2 Å². The Hall–Kier alpha value is -3.48. The molecule has 0 fully saturated rings. The first kappa shape index (κ1) is 24.6. The van der Waals surface area contributed by atoms with Crippen molar-refractivity contribution in [1.29, 1.82) is 0 Å². The number of ether oxygens (including phenoxy) is 1. The van der Waals surface area contributed by atoms with Gasteiger partial charge in [0.05, 0.1) is 40.7 Å². The molecule has 0 spiro atoms. The van der Waals surface area contributed by atoms with Crippen molar-refractivity contribution >= 4 is 28.4 Å². The molecule has 6 nitrogen and oxygen atoms in total. The molecule has 0 N–H and O–H groups in total. The number of carbonyl (C=O) groups is 1. The fourth-order valence-corrected chi connectivity index (χ4v) is 4.50. The Bertz CT molecular complexity index is 1370.